The minimum Gasteiger partial charge on any atom is -0.437 e. The zero-order valence-corrected chi connectivity index (χ0v) is 16.3. The van der Waals surface area contributed by atoms with E-state index in [0.29, 0.717) is 29.0 Å². The molecule has 1 N–H and O–H groups in total. The van der Waals surface area contributed by atoms with Crippen LogP contribution in [0.3, 0.4) is 0 Å². The highest BCUT2D eigenvalue weighted by molar-refractivity contribution is 6.02. The summed E-state index contributed by atoms with van der Waals surface area (Å²) in [4.78, 5) is 29.2. The van der Waals surface area contributed by atoms with Crippen LogP contribution in [0.15, 0.2) is 61.4 Å². The first-order chi connectivity index (χ1) is 14.6. The lowest BCUT2D eigenvalue weighted by atomic mass is 10.3. The zero-order valence-electron chi connectivity index (χ0n) is 16.3. The van der Waals surface area contributed by atoms with Crippen LogP contribution in [-0.2, 0) is 0 Å². The van der Waals surface area contributed by atoms with Crippen LogP contribution in [0.2, 0.25) is 0 Å². The van der Waals surface area contributed by atoms with E-state index >= 15 is 0 Å². The highest BCUT2D eigenvalue weighted by atomic mass is 16.5. The molecular formula is C20H18N8O2. The Morgan fingerprint density at radius 3 is 2.83 bits per heavy atom. The lowest BCUT2D eigenvalue weighted by Gasteiger charge is -2.10. The van der Waals surface area contributed by atoms with Crippen molar-refractivity contribution in [3.05, 3.63) is 67.1 Å². The standard InChI is InChI=1S/C20H18N8O2/c1-13(2)28-12-24-27-19(28)15-4-3-5-17(25-15)26-20(29)16-10-14(6-7-22-16)30-18-11-21-8-9-23-18/h3-13H,1-2H3,(H,25,26,29). The molecule has 4 heterocycles. The van der Waals surface area contributed by atoms with Gasteiger partial charge in [-0.1, -0.05) is 6.07 Å². The molecule has 4 rings (SSSR count). The van der Waals surface area contributed by atoms with Crippen LogP contribution in [0.4, 0.5) is 5.82 Å². The maximum Gasteiger partial charge on any atom is 0.275 e. The molecule has 0 radical (unpaired) electrons. The summed E-state index contributed by atoms with van der Waals surface area (Å²) in [7, 11) is 0. The molecule has 1 amide bonds. The van der Waals surface area contributed by atoms with Gasteiger partial charge in [0.15, 0.2) is 5.82 Å². The number of amides is 1. The molecule has 4 aromatic rings. The largest absolute Gasteiger partial charge is 0.437 e. The van der Waals surface area contributed by atoms with E-state index in [2.05, 4.69) is 35.5 Å². The first-order valence-electron chi connectivity index (χ1n) is 9.18. The monoisotopic (exact) mass is 402 g/mol. The Morgan fingerprint density at radius 1 is 1.13 bits per heavy atom. The lowest BCUT2D eigenvalue weighted by Crippen LogP contribution is -2.15. The van der Waals surface area contributed by atoms with Gasteiger partial charge in [-0.05, 0) is 32.0 Å². The molecule has 0 atom stereocenters. The van der Waals surface area contributed by atoms with Crippen molar-refractivity contribution in [1.82, 2.24) is 34.7 Å². The Bertz CT molecular complexity index is 1160. The number of hydrogen-bond donors (Lipinski definition) is 1. The quantitative estimate of drug-likeness (QED) is 0.522. The summed E-state index contributed by atoms with van der Waals surface area (Å²) in [6.07, 6.45) is 7.67. The number of hydrogen-bond acceptors (Lipinski definition) is 8. The van der Waals surface area contributed by atoms with Gasteiger partial charge < -0.3 is 14.6 Å². The van der Waals surface area contributed by atoms with Gasteiger partial charge in [-0.15, -0.1) is 10.2 Å². The molecule has 30 heavy (non-hydrogen) atoms. The van der Waals surface area contributed by atoms with Crippen molar-refractivity contribution in [2.45, 2.75) is 19.9 Å². The number of carbonyl (C=O) groups excluding carboxylic acids is 1. The zero-order chi connectivity index (χ0) is 20.9. The van der Waals surface area contributed by atoms with Crippen molar-refractivity contribution in [3.63, 3.8) is 0 Å². The van der Waals surface area contributed by atoms with Gasteiger partial charge in [0.25, 0.3) is 5.91 Å². The highest BCUT2D eigenvalue weighted by Crippen LogP contribution is 2.21. The first kappa shape index (κ1) is 19.1. The number of rotatable bonds is 6. The molecule has 0 aliphatic rings. The number of ether oxygens (including phenoxy) is 1. The van der Waals surface area contributed by atoms with Gasteiger partial charge in [-0.25, -0.2) is 9.97 Å². The van der Waals surface area contributed by atoms with E-state index < -0.39 is 5.91 Å². The second-order valence-corrected chi connectivity index (χ2v) is 6.54. The molecule has 0 bridgehead atoms. The molecular weight excluding hydrogens is 384 g/mol. The van der Waals surface area contributed by atoms with E-state index in [1.165, 1.54) is 24.7 Å². The molecule has 0 unspecified atom stereocenters. The third-order valence-corrected chi connectivity index (χ3v) is 4.08. The molecule has 0 aromatic carbocycles. The Labute approximate surface area is 172 Å². The number of carbonyl (C=O) groups is 1. The number of anilines is 1. The van der Waals surface area contributed by atoms with Crippen molar-refractivity contribution in [2.24, 2.45) is 0 Å². The van der Waals surface area contributed by atoms with Crippen molar-refractivity contribution >= 4 is 11.7 Å². The van der Waals surface area contributed by atoms with Crippen LogP contribution < -0.4 is 10.1 Å². The molecule has 0 spiro atoms. The summed E-state index contributed by atoms with van der Waals surface area (Å²) in [6, 6.07) is 8.62. The molecule has 0 fully saturated rings. The summed E-state index contributed by atoms with van der Waals surface area (Å²) < 4.78 is 7.50. The van der Waals surface area contributed by atoms with Gasteiger partial charge in [-0.3, -0.25) is 14.8 Å². The van der Waals surface area contributed by atoms with Gasteiger partial charge in [0.1, 0.15) is 29.3 Å². The topological polar surface area (TPSA) is 121 Å². The number of nitrogens with one attached hydrogen (secondary N) is 1. The Morgan fingerprint density at radius 2 is 2.03 bits per heavy atom. The predicted molar refractivity (Wildman–Crippen MR) is 108 cm³/mol. The number of aromatic nitrogens is 7. The molecule has 0 aliphatic carbocycles. The van der Waals surface area contributed by atoms with Crippen molar-refractivity contribution in [1.29, 1.82) is 0 Å². The second-order valence-electron chi connectivity index (χ2n) is 6.54. The fraction of sp³-hybridized carbons (Fsp3) is 0.150. The molecule has 10 nitrogen and oxygen atoms in total. The predicted octanol–water partition coefficient (Wildman–Crippen LogP) is 3.15. The SMILES string of the molecule is CC(C)n1cnnc1-c1cccc(NC(=O)c2cc(Oc3cnccn3)ccn2)n1. The molecule has 0 saturated heterocycles. The van der Waals surface area contributed by atoms with Crippen LogP contribution in [0, 0.1) is 0 Å². The van der Waals surface area contributed by atoms with E-state index in [1.54, 1.807) is 30.7 Å². The van der Waals surface area contributed by atoms with Gasteiger partial charge in [0.2, 0.25) is 5.88 Å². The third-order valence-electron chi connectivity index (χ3n) is 4.08. The molecule has 4 aromatic heterocycles. The van der Waals surface area contributed by atoms with Crippen molar-refractivity contribution < 1.29 is 9.53 Å². The van der Waals surface area contributed by atoms with Crippen LogP contribution in [-0.4, -0.2) is 40.6 Å². The van der Waals surface area contributed by atoms with Gasteiger partial charge >= 0.3 is 0 Å². The molecule has 0 aliphatic heterocycles. The van der Waals surface area contributed by atoms with E-state index in [-0.39, 0.29) is 11.7 Å². The van der Waals surface area contributed by atoms with Crippen LogP contribution in [0.1, 0.15) is 30.4 Å². The molecule has 0 saturated carbocycles. The maximum atomic E-state index is 12.7. The Kier molecular flexibility index (Phi) is 5.37. The lowest BCUT2D eigenvalue weighted by molar-refractivity contribution is 0.102. The fourth-order valence-corrected chi connectivity index (χ4v) is 2.67. The van der Waals surface area contributed by atoms with Crippen molar-refractivity contribution in [3.8, 4) is 23.1 Å². The smallest absolute Gasteiger partial charge is 0.275 e. The Balaban J connectivity index is 1.52. The van der Waals surface area contributed by atoms with Gasteiger partial charge in [-0.2, -0.15) is 0 Å². The number of nitrogens with zero attached hydrogens (tertiary/aromatic N) is 7. The van der Waals surface area contributed by atoms with E-state index in [4.69, 9.17) is 4.74 Å². The normalized spacial score (nSPS) is 10.8. The van der Waals surface area contributed by atoms with E-state index in [1.807, 2.05) is 24.5 Å². The van der Waals surface area contributed by atoms with E-state index in [0.717, 1.165) is 0 Å². The Hall–Kier alpha value is -4.21. The average molecular weight is 402 g/mol. The maximum absolute atomic E-state index is 12.7. The summed E-state index contributed by atoms with van der Waals surface area (Å²) >= 11 is 0. The summed E-state index contributed by atoms with van der Waals surface area (Å²) in [5, 5.41) is 10.8. The second kappa shape index (κ2) is 8.43. The number of pyridine rings is 2. The van der Waals surface area contributed by atoms with Crippen LogP contribution in [0.5, 0.6) is 11.6 Å². The summed E-state index contributed by atoms with van der Waals surface area (Å²) in [6.45, 7) is 4.06. The highest BCUT2D eigenvalue weighted by Gasteiger charge is 2.14. The summed E-state index contributed by atoms with van der Waals surface area (Å²) in [5.74, 6) is 1.31. The molecule has 150 valence electrons. The van der Waals surface area contributed by atoms with E-state index in [9.17, 15) is 4.79 Å². The average Bonchev–Trinajstić information content (AvgIpc) is 3.25. The first-order valence-corrected chi connectivity index (χ1v) is 9.18. The minimum atomic E-state index is -0.422. The third kappa shape index (κ3) is 4.27. The van der Waals surface area contributed by atoms with Crippen LogP contribution in [0.25, 0.3) is 11.5 Å². The van der Waals surface area contributed by atoms with Crippen molar-refractivity contribution in [2.75, 3.05) is 5.32 Å². The fourth-order valence-electron chi connectivity index (χ4n) is 2.67. The van der Waals surface area contributed by atoms with Gasteiger partial charge in [0, 0.05) is 30.7 Å². The minimum absolute atomic E-state index is 0.175. The summed E-state index contributed by atoms with van der Waals surface area (Å²) in [5.41, 5.74) is 0.778. The van der Waals surface area contributed by atoms with Crippen LogP contribution >= 0.6 is 0 Å². The molecule has 10 heteroatoms. The van der Waals surface area contributed by atoms with Gasteiger partial charge in [0.05, 0.1) is 6.20 Å².